The Labute approximate surface area is 124 Å². The molecule has 5 heteroatoms. The molecule has 100 valence electrons. The molecule has 1 aromatic carbocycles. The molecule has 18 heavy (non-hydrogen) atoms. The van der Waals surface area contributed by atoms with E-state index in [9.17, 15) is 0 Å². The normalized spacial score (nSPS) is 19.2. The monoisotopic (exact) mass is 377 g/mol. The molecule has 3 nitrogen and oxygen atoms in total. The van der Waals surface area contributed by atoms with E-state index in [1.807, 2.05) is 0 Å². The highest BCUT2D eigenvalue weighted by Crippen LogP contribution is 2.34. The van der Waals surface area contributed by atoms with E-state index in [-0.39, 0.29) is 0 Å². The maximum absolute atomic E-state index is 5.36. The maximum Gasteiger partial charge on any atom is 0.147 e. The average Bonchev–Trinajstić information content (AvgIpc) is 2.82. The number of rotatable bonds is 5. The topological polar surface area (TPSA) is 30.5 Å². The van der Waals surface area contributed by atoms with Crippen LogP contribution in [0.25, 0.3) is 0 Å². The third kappa shape index (κ3) is 3.70. The van der Waals surface area contributed by atoms with E-state index >= 15 is 0 Å². The number of ether oxygens (including phenoxy) is 2. The summed E-state index contributed by atoms with van der Waals surface area (Å²) < 4.78 is 12.6. The summed E-state index contributed by atoms with van der Waals surface area (Å²) in [7, 11) is 1.67. The molecule has 0 aromatic heterocycles. The minimum Gasteiger partial charge on any atom is -0.494 e. The number of halogens is 2. The van der Waals surface area contributed by atoms with E-state index in [0.717, 1.165) is 41.0 Å². The largest absolute Gasteiger partial charge is 0.494 e. The predicted octanol–water partition coefficient (Wildman–Crippen LogP) is 3.35. The number of hydrogen-bond acceptors (Lipinski definition) is 3. The van der Waals surface area contributed by atoms with Crippen molar-refractivity contribution in [2.24, 2.45) is 5.92 Å². The zero-order chi connectivity index (χ0) is 13.0. The summed E-state index contributed by atoms with van der Waals surface area (Å²) in [5, 5.41) is 3.47. The molecule has 1 aromatic rings. The van der Waals surface area contributed by atoms with Crippen molar-refractivity contribution in [3.05, 3.63) is 26.6 Å². The van der Waals surface area contributed by atoms with Gasteiger partial charge < -0.3 is 14.8 Å². The molecular weight excluding hydrogens is 362 g/mol. The zero-order valence-corrected chi connectivity index (χ0v) is 13.5. The summed E-state index contributed by atoms with van der Waals surface area (Å²) in [6.07, 6.45) is 1.17. The number of benzene rings is 1. The van der Waals surface area contributed by atoms with Crippen LogP contribution in [-0.4, -0.2) is 26.9 Å². The summed E-state index contributed by atoms with van der Waals surface area (Å²) in [5.74, 6) is 1.50. The van der Waals surface area contributed by atoms with Gasteiger partial charge >= 0.3 is 0 Å². The van der Waals surface area contributed by atoms with Crippen molar-refractivity contribution in [3.63, 3.8) is 0 Å². The molecule has 0 saturated carbocycles. The molecule has 0 radical (unpaired) electrons. The Hall–Kier alpha value is -0.100. The van der Waals surface area contributed by atoms with Gasteiger partial charge in [-0.25, -0.2) is 0 Å². The van der Waals surface area contributed by atoms with E-state index in [2.05, 4.69) is 49.3 Å². The van der Waals surface area contributed by atoms with Gasteiger partial charge in [0.2, 0.25) is 0 Å². The molecule has 0 amide bonds. The van der Waals surface area contributed by atoms with Gasteiger partial charge in [0.15, 0.2) is 0 Å². The van der Waals surface area contributed by atoms with Gasteiger partial charge in [0.25, 0.3) is 0 Å². The first-order valence-electron chi connectivity index (χ1n) is 6.01. The van der Waals surface area contributed by atoms with E-state index < -0.39 is 0 Å². The second-order valence-corrected chi connectivity index (χ2v) is 6.16. The fraction of sp³-hybridized carbons (Fsp3) is 0.538. The van der Waals surface area contributed by atoms with Crippen LogP contribution in [0.5, 0.6) is 5.75 Å². The molecule has 0 aliphatic carbocycles. The molecule has 1 fully saturated rings. The Kier molecular flexibility index (Phi) is 5.48. The molecule has 0 bridgehead atoms. The predicted molar refractivity (Wildman–Crippen MR) is 79.0 cm³/mol. The minimum absolute atomic E-state index is 0.662. The Morgan fingerprint density at radius 2 is 2.11 bits per heavy atom. The molecule has 1 saturated heterocycles. The van der Waals surface area contributed by atoms with Crippen LogP contribution in [0, 0.1) is 5.92 Å². The van der Waals surface area contributed by atoms with Crippen LogP contribution in [-0.2, 0) is 11.3 Å². The van der Waals surface area contributed by atoms with Crippen molar-refractivity contribution in [3.8, 4) is 5.75 Å². The van der Waals surface area contributed by atoms with E-state index in [4.69, 9.17) is 9.47 Å². The standard InChI is InChI=1S/C13H17Br2NO2/c1-17-13-11(14)4-10(5-12(13)15)7-16-6-9-2-3-18-8-9/h4-5,9,16H,2-3,6-8H2,1H3. The lowest BCUT2D eigenvalue weighted by Gasteiger charge is -2.12. The quantitative estimate of drug-likeness (QED) is 0.852. The van der Waals surface area contributed by atoms with Crippen molar-refractivity contribution < 1.29 is 9.47 Å². The first kappa shape index (κ1) is 14.3. The molecule has 1 aliphatic rings. The highest BCUT2D eigenvalue weighted by molar-refractivity contribution is 9.11. The van der Waals surface area contributed by atoms with Gasteiger partial charge in [0.05, 0.1) is 22.7 Å². The van der Waals surface area contributed by atoms with Gasteiger partial charge in [-0.3, -0.25) is 0 Å². The van der Waals surface area contributed by atoms with Crippen molar-refractivity contribution in [2.45, 2.75) is 13.0 Å². The van der Waals surface area contributed by atoms with Crippen LogP contribution in [0.1, 0.15) is 12.0 Å². The summed E-state index contributed by atoms with van der Waals surface area (Å²) in [6, 6.07) is 4.17. The van der Waals surface area contributed by atoms with Gasteiger partial charge in [-0.2, -0.15) is 0 Å². The molecule has 2 rings (SSSR count). The van der Waals surface area contributed by atoms with Crippen molar-refractivity contribution in [1.82, 2.24) is 5.32 Å². The number of hydrogen-bond donors (Lipinski definition) is 1. The van der Waals surface area contributed by atoms with Crippen LogP contribution >= 0.6 is 31.9 Å². The highest BCUT2D eigenvalue weighted by Gasteiger charge is 2.15. The Balaban J connectivity index is 1.89. The van der Waals surface area contributed by atoms with Gasteiger partial charge in [-0.15, -0.1) is 0 Å². The van der Waals surface area contributed by atoms with Gasteiger partial charge in [-0.1, -0.05) is 0 Å². The lowest BCUT2D eigenvalue weighted by Crippen LogP contribution is -2.22. The van der Waals surface area contributed by atoms with Crippen LogP contribution in [0.15, 0.2) is 21.1 Å². The van der Waals surface area contributed by atoms with Crippen molar-refractivity contribution >= 4 is 31.9 Å². The van der Waals surface area contributed by atoms with Gasteiger partial charge in [0.1, 0.15) is 5.75 Å². The first-order valence-corrected chi connectivity index (χ1v) is 7.59. The van der Waals surface area contributed by atoms with Gasteiger partial charge in [0, 0.05) is 19.7 Å². The molecular formula is C13H17Br2NO2. The Bertz CT molecular complexity index is 383. The molecule has 1 heterocycles. The van der Waals surface area contributed by atoms with Crippen molar-refractivity contribution in [2.75, 3.05) is 26.9 Å². The summed E-state index contributed by atoms with van der Waals surface area (Å²) in [5.41, 5.74) is 1.23. The zero-order valence-electron chi connectivity index (χ0n) is 10.3. The fourth-order valence-electron chi connectivity index (χ4n) is 2.07. The molecule has 1 aliphatic heterocycles. The SMILES string of the molecule is COc1c(Br)cc(CNCC2CCOC2)cc1Br. The lowest BCUT2D eigenvalue weighted by atomic mass is 10.1. The number of nitrogens with one attached hydrogen (secondary N) is 1. The summed E-state index contributed by atoms with van der Waals surface area (Å²) in [4.78, 5) is 0. The average molecular weight is 379 g/mol. The van der Waals surface area contributed by atoms with Crippen LogP contribution in [0.4, 0.5) is 0 Å². The van der Waals surface area contributed by atoms with E-state index in [1.54, 1.807) is 7.11 Å². The van der Waals surface area contributed by atoms with E-state index in [0.29, 0.717) is 5.92 Å². The smallest absolute Gasteiger partial charge is 0.147 e. The van der Waals surface area contributed by atoms with E-state index in [1.165, 1.54) is 12.0 Å². The molecule has 1 N–H and O–H groups in total. The van der Waals surface area contributed by atoms with Crippen molar-refractivity contribution in [1.29, 1.82) is 0 Å². The third-order valence-corrected chi connectivity index (χ3v) is 4.23. The highest BCUT2D eigenvalue weighted by atomic mass is 79.9. The van der Waals surface area contributed by atoms with Crippen LogP contribution in [0.2, 0.25) is 0 Å². The lowest BCUT2D eigenvalue weighted by molar-refractivity contribution is 0.185. The number of methoxy groups -OCH3 is 1. The molecule has 1 atom stereocenters. The van der Waals surface area contributed by atoms with Crippen LogP contribution < -0.4 is 10.1 Å². The van der Waals surface area contributed by atoms with Crippen LogP contribution in [0.3, 0.4) is 0 Å². The Morgan fingerprint density at radius 1 is 1.39 bits per heavy atom. The maximum atomic E-state index is 5.36. The first-order chi connectivity index (χ1) is 8.70. The second-order valence-electron chi connectivity index (χ2n) is 4.45. The third-order valence-electron chi connectivity index (χ3n) is 3.05. The Morgan fingerprint density at radius 3 is 2.67 bits per heavy atom. The van der Waals surface area contributed by atoms with Gasteiger partial charge in [-0.05, 0) is 61.9 Å². The molecule has 0 spiro atoms. The second kappa shape index (κ2) is 6.89. The summed E-state index contributed by atoms with van der Waals surface area (Å²) in [6.45, 7) is 3.67. The fourth-order valence-corrected chi connectivity index (χ4v) is 3.68. The molecule has 1 unspecified atom stereocenters. The summed E-state index contributed by atoms with van der Waals surface area (Å²) >= 11 is 7.03. The minimum atomic E-state index is 0.662.